The first-order valence-corrected chi connectivity index (χ1v) is 9.65. The van der Waals surface area contributed by atoms with E-state index in [-0.39, 0.29) is 12.0 Å². The summed E-state index contributed by atoms with van der Waals surface area (Å²) >= 11 is 0. The molecule has 2 amide bonds. The van der Waals surface area contributed by atoms with Gasteiger partial charge in [0.1, 0.15) is 0 Å². The van der Waals surface area contributed by atoms with Crippen LogP contribution in [0, 0.1) is 17.8 Å². The summed E-state index contributed by atoms with van der Waals surface area (Å²) in [5.41, 5.74) is 0.749. The number of nitrogens with one attached hydrogen (secondary N) is 2. The van der Waals surface area contributed by atoms with Gasteiger partial charge in [0.2, 0.25) is 0 Å². The number of hydrogen-bond donors (Lipinski definition) is 2. The van der Waals surface area contributed by atoms with E-state index in [4.69, 9.17) is 9.47 Å². The molecule has 2 aromatic heterocycles. The summed E-state index contributed by atoms with van der Waals surface area (Å²) in [6, 6.07) is 1.78. The fraction of sp³-hybridized carbons (Fsp3) is 0.579. The van der Waals surface area contributed by atoms with E-state index in [1.165, 1.54) is 0 Å². The van der Waals surface area contributed by atoms with Gasteiger partial charge in [-0.2, -0.15) is 5.10 Å². The van der Waals surface area contributed by atoms with Gasteiger partial charge in [-0.3, -0.25) is 9.89 Å². The largest absolute Gasteiger partial charge is 0.438 e. The number of nitrogens with zero attached hydrogens (tertiary/aromatic N) is 3. The number of H-pyrrole nitrogens is 1. The lowest BCUT2D eigenvalue weighted by Gasteiger charge is -2.38. The van der Waals surface area contributed by atoms with Crippen molar-refractivity contribution >= 4 is 23.0 Å². The fourth-order valence-electron chi connectivity index (χ4n) is 4.37. The zero-order valence-corrected chi connectivity index (χ0v) is 15.7. The number of carbonyl (C=O) groups is 2. The molecule has 0 aromatic carbocycles. The first-order valence-electron chi connectivity index (χ1n) is 9.65. The number of aromatic amines is 1. The van der Waals surface area contributed by atoms with Crippen LogP contribution in [0.4, 0.5) is 4.79 Å². The highest BCUT2D eigenvalue weighted by molar-refractivity contribution is 5.96. The minimum Gasteiger partial charge on any atom is -0.438 e. The molecule has 4 heterocycles. The van der Waals surface area contributed by atoms with Gasteiger partial charge in [0, 0.05) is 31.2 Å². The average molecular weight is 385 g/mol. The minimum absolute atomic E-state index is 0.123. The van der Waals surface area contributed by atoms with Gasteiger partial charge in [-0.25, -0.2) is 9.78 Å². The molecule has 0 radical (unpaired) electrons. The van der Waals surface area contributed by atoms with Crippen LogP contribution >= 0.6 is 0 Å². The molecular weight excluding hydrogens is 362 g/mol. The number of ether oxygens (including phenoxy) is 2. The molecule has 2 atom stereocenters. The summed E-state index contributed by atoms with van der Waals surface area (Å²) < 4.78 is 10.7. The number of hydrogen-bond acceptors (Lipinski definition) is 6. The van der Waals surface area contributed by atoms with Crippen molar-refractivity contribution in [2.24, 2.45) is 17.8 Å². The number of fused-ring (bicyclic) bond motifs is 2. The molecule has 2 N–H and O–H groups in total. The molecule has 1 aliphatic carbocycles. The predicted molar refractivity (Wildman–Crippen MR) is 98.6 cm³/mol. The molecule has 2 unspecified atom stereocenters. The van der Waals surface area contributed by atoms with Crippen LogP contribution < -0.4 is 5.32 Å². The van der Waals surface area contributed by atoms with E-state index in [0.29, 0.717) is 48.7 Å². The van der Waals surface area contributed by atoms with Crippen molar-refractivity contribution in [1.82, 2.24) is 25.4 Å². The molecule has 28 heavy (non-hydrogen) atoms. The van der Waals surface area contributed by atoms with Crippen molar-refractivity contribution in [3.63, 3.8) is 0 Å². The highest BCUT2D eigenvalue weighted by Gasteiger charge is 2.56. The Hall–Kier alpha value is -2.68. The molecule has 0 bridgehead atoms. The third kappa shape index (κ3) is 3.09. The van der Waals surface area contributed by atoms with E-state index in [9.17, 15) is 9.59 Å². The van der Waals surface area contributed by atoms with Gasteiger partial charge in [-0.15, -0.1) is 0 Å². The molecule has 1 saturated carbocycles. The maximum atomic E-state index is 12.3. The number of pyridine rings is 1. The Morgan fingerprint density at radius 3 is 2.86 bits per heavy atom. The van der Waals surface area contributed by atoms with Crippen LogP contribution in [0.1, 0.15) is 23.7 Å². The van der Waals surface area contributed by atoms with Gasteiger partial charge in [0.15, 0.2) is 11.2 Å². The molecule has 3 fully saturated rings. The van der Waals surface area contributed by atoms with Crippen molar-refractivity contribution in [3.8, 4) is 0 Å². The number of rotatable bonds is 5. The predicted octanol–water partition coefficient (Wildman–Crippen LogP) is 1.18. The first kappa shape index (κ1) is 17.4. The van der Waals surface area contributed by atoms with Crippen molar-refractivity contribution in [3.05, 3.63) is 24.0 Å². The molecule has 2 aromatic rings. The lowest BCUT2D eigenvalue weighted by Crippen LogP contribution is -2.52. The Morgan fingerprint density at radius 1 is 1.36 bits per heavy atom. The molecule has 5 rings (SSSR count). The third-order valence-electron chi connectivity index (χ3n) is 6.09. The van der Waals surface area contributed by atoms with Crippen LogP contribution in [0.3, 0.4) is 0 Å². The standard InChI is InChI=1S/C19H23N5O4/c1-19(9-27-10-19)28-18(26)24-7-14-13(15(14)8-24)2-3-20-17(25)12-4-11-6-22-23-16(11)21-5-12/h4-6,13-15H,2-3,7-10H2,1H3,(H,20,25)(H,21,22,23). The Kier molecular flexibility index (Phi) is 4.01. The molecule has 9 heteroatoms. The monoisotopic (exact) mass is 385 g/mol. The zero-order valence-electron chi connectivity index (χ0n) is 15.7. The lowest BCUT2D eigenvalue weighted by molar-refractivity contribution is -0.171. The fourth-order valence-corrected chi connectivity index (χ4v) is 4.37. The molecule has 9 nitrogen and oxygen atoms in total. The van der Waals surface area contributed by atoms with Gasteiger partial charge in [0.05, 0.1) is 25.0 Å². The first-order chi connectivity index (χ1) is 13.5. The summed E-state index contributed by atoms with van der Waals surface area (Å²) in [6.07, 6.45) is 3.90. The van der Waals surface area contributed by atoms with Crippen LogP contribution in [0.2, 0.25) is 0 Å². The molecule has 3 aliphatic rings. The number of carbonyl (C=O) groups excluding carboxylic acids is 2. The van der Waals surface area contributed by atoms with Crippen molar-refractivity contribution < 1.29 is 19.1 Å². The Morgan fingerprint density at radius 2 is 2.14 bits per heavy atom. The van der Waals surface area contributed by atoms with Crippen molar-refractivity contribution in [2.45, 2.75) is 18.9 Å². The second-order valence-electron chi connectivity index (χ2n) is 8.28. The highest BCUT2D eigenvalue weighted by atomic mass is 16.6. The third-order valence-corrected chi connectivity index (χ3v) is 6.09. The topological polar surface area (TPSA) is 109 Å². The average Bonchev–Trinajstić information content (AvgIpc) is 3.06. The van der Waals surface area contributed by atoms with E-state index in [2.05, 4.69) is 20.5 Å². The van der Waals surface area contributed by atoms with Crippen LogP contribution in [-0.4, -0.2) is 70.5 Å². The summed E-state index contributed by atoms with van der Waals surface area (Å²) in [5.74, 6) is 1.50. The van der Waals surface area contributed by atoms with E-state index in [1.807, 2.05) is 6.92 Å². The molecule has 0 spiro atoms. The normalized spacial score (nSPS) is 27.2. The Balaban J connectivity index is 1.05. The van der Waals surface area contributed by atoms with Gasteiger partial charge in [0.25, 0.3) is 5.91 Å². The summed E-state index contributed by atoms with van der Waals surface area (Å²) in [4.78, 5) is 30.5. The maximum absolute atomic E-state index is 12.3. The molecule has 148 valence electrons. The lowest BCUT2D eigenvalue weighted by atomic mass is 10.1. The van der Waals surface area contributed by atoms with E-state index in [1.54, 1.807) is 23.4 Å². The molecule has 2 aliphatic heterocycles. The van der Waals surface area contributed by atoms with Gasteiger partial charge in [-0.1, -0.05) is 0 Å². The number of aromatic nitrogens is 3. The summed E-state index contributed by atoms with van der Waals surface area (Å²) in [7, 11) is 0. The van der Waals surface area contributed by atoms with Crippen LogP contribution in [-0.2, 0) is 9.47 Å². The van der Waals surface area contributed by atoms with Gasteiger partial charge in [-0.05, 0) is 37.2 Å². The van der Waals surface area contributed by atoms with Crippen molar-refractivity contribution in [2.75, 3.05) is 32.8 Å². The van der Waals surface area contributed by atoms with E-state index >= 15 is 0 Å². The number of piperidine rings is 1. The van der Waals surface area contributed by atoms with Gasteiger partial charge >= 0.3 is 6.09 Å². The van der Waals surface area contributed by atoms with Crippen LogP contribution in [0.25, 0.3) is 11.0 Å². The highest BCUT2D eigenvalue weighted by Crippen LogP contribution is 2.53. The molecular formula is C19H23N5O4. The SMILES string of the molecule is CC1(OC(=O)N2CC3C(CCNC(=O)c4cnc5[nH]ncc5c4)C3C2)COC1. The molecule has 2 saturated heterocycles. The zero-order chi connectivity index (χ0) is 19.3. The Labute approximate surface area is 161 Å². The van der Waals surface area contributed by atoms with E-state index < -0.39 is 5.60 Å². The maximum Gasteiger partial charge on any atom is 0.410 e. The minimum atomic E-state index is -0.456. The summed E-state index contributed by atoms with van der Waals surface area (Å²) in [5, 5.41) is 10.5. The van der Waals surface area contributed by atoms with Crippen LogP contribution in [0.5, 0.6) is 0 Å². The van der Waals surface area contributed by atoms with Crippen molar-refractivity contribution in [1.29, 1.82) is 0 Å². The number of amides is 2. The van der Waals surface area contributed by atoms with Crippen LogP contribution in [0.15, 0.2) is 18.5 Å². The van der Waals surface area contributed by atoms with E-state index in [0.717, 1.165) is 24.9 Å². The quantitative estimate of drug-likeness (QED) is 0.800. The summed E-state index contributed by atoms with van der Waals surface area (Å²) in [6.45, 7) is 4.98. The smallest absolute Gasteiger partial charge is 0.410 e. The number of likely N-dealkylation sites (tertiary alicyclic amines) is 1. The second-order valence-corrected chi connectivity index (χ2v) is 8.28. The Bertz CT molecular complexity index is 912. The van der Waals surface area contributed by atoms with Gasteiger partial charge < -0.3 is 19.7 Å². The second kappa shape index (κ2) is 6.44.